The quantitative estimate of drug-likeness (QED) is 0.864. The molecular formula is C12H17BrN2O. The highest BCUT2D eigenvalue weighted by Crippen LogP contribution is 2.07. The van der Waals surface area contributed by atoms with Crippen molar-refractivity contribution < 1.29 is 4.79 Å². The first kappa shape index (κ1) is 13.2. The van der Waals surface area contributed by atoms with Crippen LogP contribution in [-0.4, -0.2) is 22.3 Å². The van der Waals surface area contributed by atoms with Gasteiger partial charge in [0.25, 0.3) is 5.91 Å². The third-order valence-corrected chi connectivity index (χ3v) is 3.12. The summed E-state index contributed by atoms with van der Waals surface area (Å²) in [6, 6.07) is 1.99. The Balaban J connectivity index is 2.72. The molecule has 1 aromatic rings. The fraction of sp³-hybridized carbons (Fsp3) is 0.500. The molecule has 0 radical (unpaired) electrons. The van der Waals surface area contributed by atoms with Crippen LogP contribution in [0.25, 0.3) is 0 Å². The third kappa shape index (κ3) is 3.59. The normalized spacial score (nSPS) is 12.6. The summed E-state index contributed by atoms with van der Waals surface area (Å²) in [5.41, 5.74) is 1.61. The van der Waals surface area contributed by atoms with Crippen LogP contribution < -0.4 is 5.32 Å². The zero-order valence-corrected chi connectivity index (χ0v) is 11.4. The summed E-state index contributed by atoms with van der Waals surface area (Å²) in [4.78, 5) is 15.9. The number of aryl methyl sites for hydroxylation is 1. The number of amides is 1. The molecule has 3 nitrogen and oxygen atoms in total. The maximum atomic E-state index is 11.9. The molecule has 1 atom stereocenters. The fourth-order valence-electron chi connectivity index (χ4n) is 1.31. The van der Waals surface area contributed by atoms with Crippen molar-refractivity contribution in [1.82, 2.24) is 10.3 Å². The first-order chi connectivity index (χ1) is 7.54. The number of carbonyl (C=O) groups is 1. The summed E-state index contributed by atoms with van der Waals surface area (Å²) in [5, 5.41) is 3.74. The van der Waals surface area contributed by atoms with Gasteiger partial charge in [0.15, 0.2) is 0 Å². The van der Waals surface area contributed by atoms with Crippen LogP contribution in [0, 0.1) is 12.8 Å². The van der Waals surface area contributed by atoms with E-state index in [4.69, 9.17) is 0 Å². The van der Waals surface area contributed by atoms with Gasteiger partial charge in [-0.15, -0.1) is 0 Å². The van der Waals surface area contributed by atoms with Crippen LogP contribution in [0.1, 0.15) is 29.8 Å². The Kier molecular flexibility index (Phi) is 4.93. The summed E-state index contributed by atoms with van der Waals surface area (Å²) in [7, 11) is 0. The van der Waals surface area contributed by atoms with E-state index in [0.717, 1.165) is 10.9 Å². The number of carbonyl (C=O) groups excluding carboxylic acids is 1. The van der Waals surface area contributed by atoms with E-state index in [9.17, 15) is 4.79 Å². The van der Waals surface area contributed by atoms with Gasteiger partial charge in [0.2, 0.25) is 0 Å². The number of nitrogens with zero attached hydrogens (tertiary/aromatic N) is 1. The summed E-state index contributed by atoms with van der Waals surface area (Å²) < 4.78 is 0. The zero-order chi connectivity index (χ0) is 12.1. The Morgan fingerprint density at radius 2 is 2.19 bits per heavy atom. The Morgan fingerprint density at radius 3 is 2.69 bits per heavy atom. The third-order valence-electron chi connectivity index (χ3n) is 2.42. The van der Waals surface area contributed by atoms with Gasteiger partial charge in [-0.25, -0.2) is 0 Å². The van der Waals surface area contributed by atoms with Gasteiger partial charge in [-0.1, -0.05) is 29.8 Å². The lowest BCUT2D eigenvalue weighted by Crippen LogP contribution is -2.39. The summed E-state index contributed by atoms with van der Waals surface area (Å²) in [5.74, 6) is 0.343. The minimum atomic E-state index is -0.0608. The first-order valence-corrected chi connectivity index (χ1v) is 6.45. The maximum absolute atomic E-state index is 11.9. The van der Waals surface area contributed by atoms with Crippen molar-refractivity contribution >= 4 is 21.8 Å². The minimum absolute atomic E-state index is 0.0608. The second kappa shape index (κ2) is 5.99. The second-order valence-electron chi connectivity index (χ2n) is 4.23. The Bertz CT molecular complexity index is 366. The lowest BCUT2D eigenvalue weighted by molar-refractivity contribution is 0.0931. The van der Waals surface area contributed by atoms with Crippen LogP contribution in [-0.2, 0) is 0 Å². The van der Waals surface area contributed by atoms with Crippen LogP contribution in [0.4, 0.5) is 0 Å². The Labute approximate surface area is 105 Å². The number of hydrogen-bond donors (Lipinski definition) is 1. The second-order valence-corrected chi connectivity index (χ2v) is 4.88. The predicted octanol–water partition coefficient (Wildman–Crippen LogP) is 2.54. The van der Waals surface area contributed by atoms with Crippen molar-refractivity contribution in [3.8, 4) is 0 Å². The van der Waals surface area contributed by atoms with E-state index in [1.54, 1.807) is 12.4 Å². The monoisotopic (exact) mass is 284 g/mol. The van der Waals surface area contributed by atoms with Gasteiger partial charge in [-0.05, 0) is 24.5 Å². The highest BCUT2D eigenvalue weighted by Gasteiger charge is 2.15. The van der Waals surface area contributed by atoms with Crippen LogP contribution >= 0.6 is 15.9 Å². The molecule has 0 spiro atoms. The van der Waals surface area contributed by atoms with E-state index in [0.29, 0.717) is 11.5 Å². The fourth-order valence-corrected chi connectivity index (χ4v) is 2.22. The van der Waals surface area contributed by atoms with Gasteiger partial charge >= 0.3 is 0 Å². The van der Waals surface area contributed by atoms with Crippen molar-refractivity contribution in [1.29, 1.82) is 0 Å². The van der Waals surface area contributed by atoms with E-state index in [2.05, 4.69) is 40.1 Å². The number of aromatic nitrogens is 1. The van der Waals surface area contributed by atoms with Gasteiger partial charge in [0.05, 0.1) is 5.56 Å². The molecule has 0 saturated carbocycles. The van der Waals surface area contributed by atoms with Crippen molar-refractivity contribution in [3.05, 3.63) is 29.6 Å². The molecule has 1 unspecified atom stereocenters. The molecule has 4 heteroatoms. The Hall–Kier alpha value is -0.900. The average molecular weight is 285 g/mol. The van der Waals surface area contributed by atoms with Gasteiger partial charge in [-0.3, -0.25) is 9.78 Å². The molecule has 16 heavy (non-hydrogen) atoms. The molecule has 1 aromatic heterocycles. The molecule has 1 rings (SSSR count). The largest absolute Gasteiger partial charge is 0.348 e. The minimum Gasteiger partial charge on any atom is -0.348 e. The van der Waals surface area contributed by atoms with Crippen molar-refractivity contribution in [3.63, 3.8) is 0 Å². The number of hydrogen-bond acceptors (Lipinski definition) is 2. The van der Waals surface area contributed by atoms with Gasteiger partial charge in [-0.2, -0.15) is 0 Å². The summed E-state index contributed by atoms with van der Waals surface area (Å²) in [6.07, 6.45) is 3.33. The van der Waals surface area contributed by atoms with E-state index in [1.165, 1.54) is 0 Å². The van der Waals surface area contributed by atoms with Crippen molar-refractivity contribution in [2.75, 3.05) is 5.33 Å². The summed E-state index contributed by atoms with van der Waals surface area (Å²) in [6.45, 7) is 6.09. The molecule has 0 aliphatic rings. The van der Waals surface area contributed by atoms with E-state index in [-0.39, 0.29) is 11.9 Å². The van der Waals surface area contributed by atoms with Gasteiger partial charge in [0.1, 0.15) is 0 Å². The SMILES string of the molecule is Cc1cncc(C(=O)NC(CBr)C(C)C)c1. The highest BCUT2D eigenvalue weighted by atomic mass is 79.9. The molecular weight excluding hydrogens is 268 g/mol. The smallest absolute Gasteiger partial charge is 0.253 e. The topological polar surface area (TPSA) is 42.0 Å². The van der Waals surface area contributed by atoms with E-state index >= 15 is 0 Å². The number of pyridine rings is 1. The van der Waals surface area contributed by atoms with Crippen molar-refractivity contribution in [2.45, 2.75) is 26.8 Å². The standard InChI is InChI=1S/C12H17BrN2O/c1-8(2)11(5-13)15-12(16)10-4-9(3)6-14-7-10/h4,6-8,11H,5H2,1-3H3,(H,15,16). The summed E-state index contributed by atoms with van der Waals surface area (Å²) >= 11 is 3.40. The molecule has 0 fully saturated rings. The zero-order valence-electron chi connectivity index (χ0n) is 9.83. The van der Waals surface area contributed by atoms with Crippen LogP contribution in [0.2, 0.25) is 0 Å². The van der Waals surface area contributed by atoms with Crippen molar-refractivity contribution in [2.24, 2.45) is 5.92 Å². The van der Waals surface area contributed by atoms with E-state index < -0.39 is 0 Å². The van der Waals surface area contributed by atoms with Crippen LogP contribution in [0.15, 0.2) is 18.5 Å². The maximum Gasteiger partial charge on any atom is 0.253 e. The Morgan fingerprint density at radius 1 is 1.50 bits per heavy atom. The number of rotatable bonds is 4. The van der Waals surface area contributed by atoms with Crippen LogP contribution in [0.3, 0.4) is 0 Å². The first-order valence-electron chi connectivity index (χ1n) is 5.33. The lowest BCUT2D eigenvalue weighted by atomic mass is 10.1. The predicted molar refractivity (Wildman–Crippen MR) is 68.9 cm³/mol. The molecule has 0 aromatic carbocycles. The van der Waals surface area contributed by atoms with Gasteiger partial charge < -0.3 is 5.32 Å². The molecule has 0 bridgehead atoms. The molecule has 0 aliphatic heterocycles. The van der Waals surface area contributed by atoms with E-state index in [1.807, 2.05) is 13.0 Å². The number of alkyl halides is 1. The number of halogens is 1. The molecule has 88 valence electrons. The highest BCUT2D eigenvalue weighted by molar-refractivity contribution is 9.09. The average Bonchev–Trinajstić information content (AvgIpc) is 2.25. The van der Waals surface area contributed by atoms with Gasteiger partial charge in [0, 0.05) is 23.8 Å². The molecule has 0 saturated heterocycles. The lowest BCUT2D eigenvalue weighted by Gasteiger charge is -2.19. The number of nitrogens with one attached hydrogen (secondary N) is 1. The molecule has 1 N–H and O–H groups in total. The van der Waals surface area contributed by atoms with Crippen LogP contribution in [0.5, 0.6) is 0 Å². The molecule has 1 amide bonds. The molecule has 0 aliphatic carbocycles. The molecule has 1 heterocycles.